The molecule has 1 aliphatic carbocycles. The first-order valence-electron chi connectivity index (χ1n) is 7.34. The molecule has 2 heteroatoms. The third-order valence-electron chi connectivity index (χ3n) is 4.05. The summed E-state index contributed by atoms with van der Waals surface area (Å²) >= 11 is 0. The first-order chi connectivity index (χ1) is 7.99. The quantitative estimate of drug-likeness (QED) is 0.794. The molecule has 17 heavy (non-hydrogen) atoms. The zero-order valence-corrected chi connectivity index (χ0v) is 12.4. The van der Waals surface area contributed by atoms with Gasteiger partial charge in [-0.15, -0.1) is 0 Å². The third kappa shape index (κ3) is 4.59. The van der Waals surface area contributed by atoms with Crippen LogP contribution in [0.25, 0.3) is 0 Å². The highest BCUT2D eigenvalue weighted by atomic mass is 16.5. The van der Waals surface area contributed by atoms with E-state index in [1.165, 1.54) is 25.7 Å². The van der Waals surface area contributed by atoms with Crippen LogP contribution in [-0.2, 0) is 4.74 Å². The lowest BCUT2D eigenvalue weighted by atomic mass is 9.70. The van der Waals surface area contributed by atoms with E-state index in [2.05, 4.69) is 39.9 Å². The fourth-order valence-electron chi connectivity index (χ4n) is 2.88. The Morgan fingerprint density at radius 1 is 1.18 bits per heavy atom. The average Bonchev–Trinajstić information content (AvgIpc) is 2.26. The largest absolute Gasteiger partial charge is 0.377 e. The van der Waals surface area contributed by atoms with Gasteiger partial charge in [0, 0.05) is 12.6 Å². The summed E-state index contributed by atoms with van der Waals surface area (Å²) in [7, 11) is 0. The molecule has 0 radical (unpaired) electrons. The topological polar surface area (TPSA) is 21.3 Å². The van der Waals surface area contributed by atoms with Crippen molar-refractivity contribution in [3.63, 3.8) is 0 Å². The van der Waals surface area contributed by atoms with E-state index >= 15 is 0 Å². The second kappa shape index (κ2) is 6.75. The lowest BCUT2D eigenvalue weighted by Crippen LogP contribution is -2.47. The minimum atomic E-state index is 0.421. The van der Waals surface area contributed by atoms with E-state index in [4.69, 9.17) is 4.74 Å². The van der Waals surface area contributed by atoms with Crippen LogP contribution >= 0.6 is 0 Å². The normalized spacial score (nSPS) is 30.5. The molecule has 3 atom stereocenters. The molecule has 0 amide bonds. The molecule has 1 fully saturated rings. The number of rotatable bonds is 5. The minimum Gasteiger partial charge on any atom is -0.377 e. The molecule has 0 bridgehead atoms. The van der Waals surface area contributed by atoms with Gasteiger partial charge in [-0.25, -0.2) is 0 Å². The number of hydrogen-bond donors (Lipinski definition) is 1. The van der Waals surface area contributed by atoms with Crippen LogP contribution in [0.1, 0.15) is 60.3 Å². The van der Waals surface area contributed by atoms with E-state index in [9.17, 15) is 0 Å². The van der Waals surface area contributed by atoms with Crippen molar-refractivity contribution in [1.29, 1.82) is 0 Å². The van der Waals surface area contributed by atoms with Gasteiger partial charge in [0.1, 0.15) is 0 Å². The highest BCUT2D eigenvalue weighted by Gasteiger charge is 2.35. The molecule has 0 aromatic heterocycles. The SMILES string of the molecule is CCCNC1CCC(C(C)(C)C)CC1OCC. The molecule has 2 nitrogen and oxygen atoms in total. The predicted molar refractivity (Wildman–Crippen MR) is 74.3 cm³/mol. The Kier molecular flexibility index (Phi) is 5.94. The number of nitrogens with one attached hydrogen (secondary N) is 1. The van der Waals surface area contributed by atoms with E-state index in [0.717, 1.165) is 19.1 Å². The molecule has 0 saturated heterocycles. The first-order valence-corrected chi connectivity index (χ1v) is 7.34. The lowest BCUT2D eigenvalue weighted by Gasteiger charge is -2.42. The molecular formula is C15H31NO. The standard InChI is InChI=1S/C15H31NO/c1-6-10-16-13-9-8-12(15(3,4)5)11-14(13)17-7-2/h12-14,16H,6-11H2,1-5H3. The van der Waals surface area contributed by atoms with Crippen molar-refractivity contribution in [2.75, 3.05) is 13.2 Å². The summed E-state index contributed by atoms with van der Waals surface area (Å²) in [4.78, 5) is 0. The van der Waals surface area contributed by atoms with Crippen molar-refractivity contribution >= 4 is 0 Å². The zero-order valence-electron chi connectivity index (χ0n) is 12.4. The fraction of sp³-hybridized carbons (Fsp3) is 1.00. The molecule has 1 N–H and O–H groups in total. The Bertz CT molecular complexity index is 209. The van der Waals surface area contributed by atoms with Gasteiger partial charge in [0.15, 0.2) is 0 Å². The van der Waals surface area contributed by atoms with Crippen molar-refractivity contribution in [3.05, 3.63) is 0 Å². The Morgan fingerprint density at radius 3 is 2.41 bits per heavy atom. The van der Waals surface area contributed by atoms with Gasteiger partial charge in [0.25, 0.3) is 0 Å². The van der Waals surface area contributed by atoms with Gasteiger partial charge in [-0.3, -0.25) is 0 Å². The molecule has 1 rings (SSSR count). The van der Waals surface area contributed by atoms with E-state index in [-0.39, 0.29) is 0 Å². The van der Waals surface area contributed by atoms with Crippen LogP contribution in [0.3, 0.4) is 0 Å². The predicted octanol–water partition coefficient (Wildman–Crippen LogP) is 3.61. The molecule has 0 spiro atoms. The van der Waals surface area contributed by atoms with Gasteiger partial charge in [-0.2, -0.15) is 0 Å². The van der Waals surface area contributed by atoms with Crippen LogP contribution in [0.15, 0.2) is 0 Å². The molecular weight excluding hydrogens is 210 g/mol. The van der Waals surface area contributed by atoms with Crippen LogP contribution in [0, 0.1) is 11.3 Å². The van der Waals surface area contributed by atoms with Gasteiger partial charge in [0.2, 0.25) is 0 Å². The maximum Gasteiger partial charge on any atom is 0.0730 e. The lowest BCUT2D eigenvalue weighted by molar-refractivity contribution is -0.0224. The van der Waals surface area contributed by atoms with Crippen LogP contribution in [0.2, 0.25) is 0 Å². The van der Waals surface area contributed by atoms with Crippen LogP contribution in [0.5, 0.6) is 0 Å². The van der Waals surface area contributed by atoms with E-state index in [0.29, 0.717) is 17.6 Å². The highest BCUT2D eigenvalue weighted by molar-refractivity contribution is 4.89. The molecule has 3 unspecified atom stereocenters. The maximum absolute atomic E-state index is 5.96. The van der Waals surface area contributed by atoms with Gasteiger partial charge >= 0.3 is 0 Å². The second-order valence-electron chi connectivity index (χ2n) is 6.43. The van der Waals surface area contributed by atoms with Crippen molar-refractivity contribution in [2.24, 2.45) is 11.3 Å². The summed E-state index contributed by atoms with van der Waals surface area (Å²) in [5.41, 5.74) is 0.422. The second-order valence-corrected chi connectivity index (χ2v) is 6.43. The molecule has 1 aliphatic rings. The Hall–Kier alpha value is -0.0800. The monoisotopic (exact) mass is 241 g/mol. The van der Waals surface area contributed by atoms with Crippen molar-refractivity contribution < 1.29 is 4.74 Å². The molecule has 0 aromatic carbocycles. The Morgan fingerprint density at radius 2 is 1.88 bits per heavy atom. The Balaban J connectivity index is 2.54. The van der Waals surface area contributed by atoms with Crippen molar-refractivity contribution in [3.8, 4) is 0 Å². The van der Waals surface area contributed by atoms with E-state index in [1.807, 2.05) is 0 Å². The maximum atomic E-state index is 5.96. The summed E-state index contributed by atoms with van der Waals surface area (Å²) in [5, 5.41) is 3.65. The molecule has 0 aromatic rings. The Labute approximate surface area is 108 Å². The summed E-state index contributed by atoms with van der Waals surface area (Å²) < 4.78 is 5.96. The van der Waals surface area contributed by atoms with Crippen molar-refractivity contribution in [1.82, 2.24) is 5.32 Å². The van der Waals surface area contributed by atoms with Crippen molar-refractivity contribution in [2.45, 2.75) is 72.4 Å². The summed E-state index contributed by atoms with van der Waals surface area (Å²) in [6.45, 7) is 13.4. The smallest absolute Gasteiger partial charge is 0.0730 e. The molecule has 0 aliphatic heterocycles. The zero-order chi connectivity index (χ0) is 12.9. The summed E-state index contributed by atoms with van der Waals surface area (Å²) in [6.07, 6.45) is 5.46. The third-order valence-corrected chi connectivity index (χ3v) is 4.05. The number of hydrogen-bond acceptors (Lipinski definition) is 2. The van der Waals surface area contributed by atoms with E-state index in [1.54, 1.807) is 0 Å². The highest BCUT2D eigenvalue weighted by Crippen LogP contribution is 2.38. The fourth-order valence-corrected chi connectivity index (χ4v) is 2.88. The van der Waals surface area contributed by atoms with E-state index < -0.39 is 0 Å². The van der Waals surface area contributed by atoms with Gasteiger partial charge < -0.3 is 10.1 Å². The van der Waals surface area contributed by atoms with Gasteiger partial charge in [-0.05, 0) is 50.5 Å². The summed E-state index contributed by atoms with van der Waals surface area (Å²) in [5.74, 6) is 0.804. The summed E-state index contributed by atoms with van der Waals surface area (Å²) in [6, 6.07) is 0.577. The van der Waals surface area contributed by atoms with Crippen LogP contribution in [0.4, 0.5) is 0 Å². The first kappa shape index (κ1) is 15.0. The number of ether oxygens (including phenoxy) is 1. The van der Waals surface area contributed by atoms with Crippen LogP contribution in [-0.4, -0.2) is 25.3 Å². The van der Waals surface area contributed by atoms with Gasteiger partial charge in [-0.1, -0.05) is 27.7 Å². The minimum absolute atomic E-state index is 0.421. The average molecular weight is 241 g/mol. The molecule has 1 saturated carbocycles. The van der Waals surface area contributed by atoms with Gasteiger partial charge in [0.05, 0.1) is 6.10 Å². The molecule has 102 valence electrons. The molecule has 0 heterocycles. The van der Waals surface area contributed by atoms with Crippen LogP contribution < -0.4 is 5.32 Å².